The Hall–Kier alpha value is -2.16. The van der Waals surface area contributed by atoms with Crippen LogP contribution in [0, 0.1) is 6.92 Å². The first-order chi connectivity index (χ1) is 14.4. The minimum atomic E-state index is -3.64. The van der Waals surface area contributed by atoms with Crippen molar-refractivity contribution < 1.29 is 17.6 Å². The molecule has 3 rings (SSSR count). The van der Waals surface area contributed by atoms with E-state index in [9.17, 15) is 13.2 Å². The number of carbonyl (C=O) groups is 1. The van der Waals surface area contributed by atoms with Gasteiger partial charge < -0.3 is 9.73 Å². The summed E-state index contributed by atoms with van der Waals surface area (Å²) in [6, 6.07) is 8.59. The number of hydrogen-bond donors (Lipinski definition) is 1. The highest BCUT2D eigenvalue weighted by Gasteiger charge is 2.27. The summed E-state index contributed by atoms with van der Waals surface area (Å²) in [5.41, 5.74) is 0.968. The van der Waals surface area contributed by atoms with Gasteiger partial charge in [0.1, 0.15) is 5.76 Å². The molecular formula is C22H31N3O4S. The van der Waals surface area contributed by atoms with E-state index in [1.165, 1.54) is 10.4 Å². The third-order valence-corrected chi connectivity index (χ3v) is 7.87. The molecule has 8 heteroatoms. The molecule has 0 spiro atoms. The molecule has 1 N–H and O–H groups in total. The lowest BCUT2D eigenvalue weighted by molar-refractivity contribution is 0.0933. The van der Waals surface area contributed by atoms with E-state index < -0.39 is 10.0 Å². The van der Waals surface area contributed by atoms with Gasteiger partial charge in [0.2, 0.25) is 10.0 Å². The number of sulfonamides is 1. The highest BCUT2D eigenvalue weighted by Crippen LogP contribution is 2.25. The molecule has 0 saturated carbocycles. The lowest BCUT2D eigenvalue weighted by Crippen LogP contribution is -2.36. The van der Waals surface area contributed by atoms with Crippen molar-refractivity contribution >= 4 is 15.9 Å². The second-order valence-electron chi connectivity index (χ2n) is 7.55. The van der Waals surface area contributed by atoms with Crippen molar-refractivity contribution in [1.82, 2.24) is 14.5 Å². The fourth-order valence-corrected chi connectivity index (χ4v) is 5.67. The van der Waals surface area contributed by atoms with E-state index in [2.05, 4.69) is 10.2 Å². The van der Waals surface area contributed by atoms with Crippen LogP contribution in [0.1, 0.15) is 54.4 Å². The molecule has 0 bridgehead atoms. The fraction of sp³-hybridized carbons (Fsp3) is 0.500. The molecule has 1 aromatic carbocycles. The van der Waals surface area contributed by atoms with Gasteiger partial charge in [-0.2, -0.15) is 4.31 Å². The Morgan fingerprint density at radius 1 is 1.20 bits per heavy atom. The standard InChI is InChI=1S/C22H31N3O4S/c1-4-25(5-2)30(27,28)21-15-18(11-10-17(21)3)22(26)23-16-19(20-9-8-14-29-20)24-12-6-7-13-24/h8-11,14-15,19H,4-7,12-13,16H2,1-3H3,(H,23,26). The Kier molecular flexibility index (Phi) is 7.33. The molecule has 1 aliphatic rings. The average Bonchev–Trinajstić information content (AvgIpc) is 3.44. The highest BCUT2D eigenvalue weighted by atomic mass is 32.2. The Morgan fingerprint density at radius 3 is 2.50 bits per heavy atom. The average molecular weight is 434 g/mol. The molecule has 1 aliphatic heterocycles. The molecule has 1 saturated heterocycles. The van der Waals surface area contributed by atoms with E-state index in [1.54, 1.807) is 39.2 Å². The van der Waals surface area contributed by atoms with Crippen LogP contribution in [-0.4, -0.2) is 56.3 Å². The number of rotatable bonds is 9. The van der Waals surface area contributed by atoms with E-state index in [-0.39, 0.29) is 16.8 Å². The Morgan fingerprint density at radius 2 is 1.90 bits per heavy atom. The zero-order valence-corrected chi connectivity index (χ0v) is 18.7. The molecule has 1 amide bonds. The SMILES string of the molecule is CCN(CC)S(=O)(=O)c1cc(C(=O)NCC(c2ccco2)N2CCCC2)ccc1C. The van der Waals surface area contributed by atoms with Gasteiger partial charge in [0.25, 0.3) is 5.91 Å². The van der Waals surface area contributed by atoms with Gasteiger partial charge in [-0.05, 0) is 62.7 Å². The quantitative estimate of drug-likeness (QED) is 0.657. The molecular weight excluding hydrogens is 402 g/mol. The predicted octanol–water partition coefficient (Wildman–Crippen LogP) is 3.19. The normalized spacial score (nSPS) is 16.1. The van der Waals surface area contributed by atoms with Gasteiger partial charge in [-0.1, -0.05) is 19.9 Å². The maximum absolute atomic E-state index is 13.0. The molecule has 0 aliphatic carbocycles. The van der Waals surface area contributed by atoms with Crippen molar-refractivity contribution in [2.75, 3.05) is 32.7 Å². The molecule has 1 fully saturated rings. The number of nitrogens with one attached hydrogen (secondary N) is 1. The molecule has 2 aromatic rings. The summed E-state index contributed by atoms with van der Waals surface area (Å²) in [5, 5.41) is 2.97. The van der Waals surface area contributed by atoms with Crippen molar-refractivity contribution in [2.24, 2.45) is 0 Å². The number of furan rings is 1. The van der Waals surface area contributed by atoms with Gasteiger partial charge in [-0.25, -0.2) is 8.42 Å². The van der Waals surface area contributed by atoms with Gasteiger partial charge >= 0.3 is 0 Å². The van der Waals surface area contributed by atoms with Gasteiger partial charge in [0, 0.05) is 25.2 Å². The lowest BCUT2D eigenvalue weighted by Gasteiger charge is -2.26. The van der Waals surface area contributed by atoms with E-state index in [1.807, 2.05) is 12.1 Å². The topological polar surface area (TPSA) is 82.9 Å². The second-order valence-corrected chi connectivity index (χ2v) is 9.46. The first-order valence-electron chi connectivity index (χ1n) is 10.5. The molecule has 1 atom stereocenters. The zero-order valence-electron chi connectivity index (χ0n) is 17.9. The lowest BCUT2D eigenvalue weighted by atomic mass is 10.1. The molecule has 1 aromatic heterocycles. The first-order valence-corrected chi connectivity index (χ1v) is 12.0. The number of likely N-dealkylation sites (tertiary alicyclic amines) is 1. The van der Waals surface area contributed by atoms with E-state index >= 15 is 0 Å². The number of carbonyl (C=O) groups excluding carboxylic acids is 1. The second kappa shape index (κ2) is 9.76. The van der Waals surface area contributed by atoms with Gasteiger partial charge in [0.15, 0.2) is 0 Å². The van der Waals surface area contributed by atoms with Crippen LogP contribution in [-0.2, 0) is 10.0 Å². The summed E-state index contributed by atoms with van der Waals surface area (Å²) < 4.78 is 32.9. The number of aryl methyl sites for hydroxylation is 1. The number of hydrogen-bond acceptors (Lipinski definition) is 5. The van der Waals surface area contributed by atoms with Crippen LogP contribution in [0.15, 0.2) is 45.9 Å². The monoisotopic (exact) mass is 433 g/mol. The van der Waals surface area contributed by atoms with E-state index in [0.29, 0.717) is 30.8 Å². The number of nitrogens with zero attached hydrogens (tertiary/aromatic N) is 2. The van der Waals surface area contributed by atoms with Gasteiger partial charge in [-0.15, -0.1) is 0 Å². The van der Waals surface area contributed by atoms with Crippen molar-refractivity contribution in [1.29, 1.82) is 0 Å². The summed E-state index contributed by atoms with van der Waals surface area (Å²) in [6.45, 7) is 8.47. The van der Waals surface area contributed by atoms with Crippen molar-refractivity contribution in [3.63, 3.8) is 0 Å². The van der Waals surface area contributed by atoms with Crippen LogP contribution >= 0.6 is 0 Å². The third-order valence-electron chi connectivity index (χ3n) is 5.68. The summed E-state index contributed by atoms with van der Waals surface area (Å²) in [4.78, 5) is 15.4. The summed E-state index contributed by atoms with van der Waals surface area (Å²) >= 11 is 0. The third kappa shape index (κ3) is 4.77. The summed E-state index contributed by atoms with van der Waals surface area (Å²) in [5.74, 6) is 0.535. The summed E-state index contributed by atoms with van der Waals surface area (Å²) in [6.07, 6.45) is 3.91. The highest BCUT2D eigenvalue weighted by molar-refractivity contribution is 7.89. The van der Waals surface area contributed by atoms with Crippen LogP contribution in [0.4, 0.5) is 0 Å². The Balaban J connectivity index is 1.78. The number of amides is 1. The smallest absolute Gasteiger partial charge is 0.251 e. The molecule has 7 nitrogen and oxygen atoms in total. The van der Waals surface area contributed by atoms with Crippen molar-refractivity contribution in [2.45, 2.75) is 44.6 Å². The molecule has 164 valence electrons. The van der Waals surface area contributed by atoms with Crippen LogP contribution in [0.3, 0.4) is 0 Å². The minimum absolute atomic E-state index is 0.0317. The summed E-state index contributed by atoms with van der Waals surface area (Å²) in [7, 11) is -3.64. The van der Waals surface area contributed by atoms with E-state index in [0.717, 1.165) is 31.7 Å². The number of benzene rings is 1. The zero-order chi connectivity index (χ0) is 21.7. The maximum Gasteiger partial charge on any atom is 0.251 e. The van der Waals surface area contributed by atoms with E-state index in [4.69, 9.17) is 4.42 Å². The van der Waals surface area contributed by atoms with Crippen molar-refractivity contribution in [3.05, 3.63) is 53.5 Å². The van der Waals surface area contributed by atoms with Crippen LogP contribution < -0.4 is 5.32 Å². The Bertz CT molecular complexity index is 947. The van der Waals surface area contributed by atoms with Gasteiger partial charge in [0.05, 0.1) is 17.2 Å². The molecule has 1 unspecified atom stereocenters. The Labute approximate surface area is 179 Å². The molecule has 30 heavy (non-hydrogen) atoms. The largest absolute Gasteiger partial charge is 0.468 e. The van der Waals surface area contributed by atoms with Gasteiger partial charge in [-0.3, -0.25) is 9.69 Å². The fourth-order valence-electron chi connectivity index (χ4n) is 3.96. The first kappa shape index (κ1) is 22.5. The minimum Gasteiger partial charge on any atom is -0.468 e. The predicted molar refractivity (Wildman–Crippen MR) is 116 cm³/mol. The molecule has 0 radical (unpaired) electrons. The molecule has 2 heterocycles. The maximum atomic E-state index is 13.0. The van der Waals surface area contributed by atoms with Crippen LogP contribution in [0.5, 0.6) is 0 Å². The van der Waals surface area contributed by atoms with Crippen molar-refractivity contribution in [3.8, 4) is 0 Å². The van der Waals surface area contributed by atoms with Crippen LogP contribution in [0.25, 0.3) is 0 Å². The van der Waals surface area contributed by atoms with Crippen LogP contribution in [0.2, 0.25) is 0 Å².